The van der Waals surface area contributed by atoms with Gasteiger partial charge in [0.1, 0.15) is 11.8 Å². The normalized spacial score (nSPS) is 13.7. The first-order chi connectivity index (χ1) is 11.3. The van der Waals surface area contributed by atoms with Crippen LogP contribution in [0.4, 0.5) is 18.9 Å². The maximum absolute atomic E-state index is 13.7. The number of nitrogens with zero attached hydrogens (tertiary/aromatic N) is 1. The number of anilines is 1. The first kappa shape index (κ1) is 17.7. The molecule has 2 rings (SSSR count). The number of hydrogen-bond donors (Lipinski definition) is 1. The molecule has 0 fully saturated rings. The van der Waals surface area contributed by atoms with Gasteiger partial charge in [-0.2, -0.15) is 18.4 Å². The van der Waals surface area contributed by atoms with E-state index in [1.165, 1.54) is 37.4 Å². The highest BCUT2D eigenvalue weighted by molar-refractivity contribution is 5.51. The van der Waals surface area contributed by atoms with E-state index in [4.69, 9.17) is 4.74 Å². The molecule has 24 heavy (non-hydrogen) atoms. The second kappa shape index (κ2) is 6.83. The fourth-order valence-electron chi connectivity index (χ4n) is 2.28. The minimum atomic E-state index is -4.74. The number of rotatable bonds is 5. The number of nitrogens with one attached hydrogen (secondary N) is 1. The van der Waals surface area contributed by atoms with Gasteiger partial charge >= 0.3 is 6.18 Å². The molecule has 0 amide bonds. The van der Waals surface area contributed by atoms with Crippen molar-refractivity contribution in [2.24, 2.45) is 0 Å². The number of nitriles is 1. The summed E-state index contributed by atoms with van der Waals surface area (Å²) in [7, 11) is 1.47. The van der Waals surface area contributed by atoms with Crippen molar-refractivity contribution in [1.82, 2.24) is 0 Å². The van der Waals surface area contributed by atoms with Gasteiger partial charge in [0, 0.05) is 12.1 Å². The lowest BCUT2D eigenvalue weighted by Gasteiger charge is -2.31. The molecular weight excluding hydrogens is 317 g/mol. The van der Waals surface area contributed by atoms with Gasteiger partial charge in [0.2, 0.25) is 5.54 Å². The van der Waals surface area contributed by atoms with Crippen molar-refractivity contribution in [1.29, 1.82) is 5.26 Å². The predicted octanol–water partition coefficient (Wildman–Crippen LogP) is 4.48. The van der Waals surface area contributed by atoms with Gasteiger partial charge < -0.3 is 10.1 Å². The highest BCUT2D eigenvalue weighted by atomic mass is 19.4. The topological polar surface area (TPSA) is 45.0 Å². The summed E-state index contributed by atoms with van der Waals surface area (Å²) in [6.07, 6.45) is -5.23. The molecule has 0 saturated heterocycles. The minimum Gasteiger partial charge on any atom is -0.497 e. The van der Waals surface area contributed by atoms with Gasteiger partial charge in [0.25, 0.3) is 0 Å². The van der Waals surface area contributed by atoms with E-state index in [0.29, 0.717) is 11.3 Å². The van der Waals surface area contributed by atoms with Crippen LogP contribution < -0.4 is 10.1 Å². The van der Waals surface area contributed by atoms with Crippen LogP contribution in [-0.4, -0.2) is 18.8 Å². The number of ether oxygens (including phenoxy) is 1. The molecule has 2 aromatic carbocycles. The van der Waals surface area contributed by atoms with Crippen LogP contribution in [0.15, 0.2) is 48.5 Å². The Bertz CT molecular complexity index is 718. The molecule has 0 aromatic heterocycles. The Balaban J connectivity index is 2.35. The molecule has 1 N–H and O–H groups in total. The maximum Gasteiger partial charge on any atom is 0.425 e. The van der Waals surface area contributed by atoms with Crippen LogP contribution in [0.25, 0.3) is 0 Å². The first-order valence-corrected chi connectivity index (χ1v) is 7.25. The average Bonchev–Trinajstić information content (AvgIpc) is 2.56. The lowest BCUT2D eigenvalue weighted by molar-refractivity contribution is -0.162. The Kier molecular flexibility index (Phi) is 5.03. The van der Waals surface area contributed by atoms with Crippen LogP contribution in [0.1, 0.15) is 11.1 Å². The lowest BCUT2D eigenvalue weighted by atomic mass is 9.90. The summed E-state index contributed by atoms with van der Waals surface area (Å²) >= 11 is 0. The summed E-state index contributed by atoms with van der Waals surface area (Å²) in [5.41, 5.74) is -1.14. The van der Waals surface area contributed by atoms with Crippen molar-refractivity contribution in [2.45, 2.75) is 25.1 Å². The fourth-order valence-corrected chi connectivity index (χ4v) is 2.28. The van der Waals surface area contributed by atoms with Crippen LogP contribution in [0.5, 0.6) is 5.75 Å². The number of benzene rings is 2. The monoisotopic (exact) mass is 334 g/mol. The van der Waals surface area contributed by atoms with E-state index in [1.54, 1.807) is 24.3 Å². The van der Waals surface area contributed by atoms with E-state index in [9.17, 15) is 18.4 Å². The van der Waals surface area contributed by atoms with E-state index in [2.05, 4.69) is 5.32 Å². The molecule has 0 saturated carbocycles. The van der Waals surface area contributed by atoms with Crippen molar-refractivity contribution in [3.63, 3.8) is 0 Å². The van der Waals surface area contributed by atoms with E-state index in [1.807, 2.05) is 6.92 Å². The van der Waals surface area contributed by atoms with Crippen LogP contribution in [0, 0.1) is 18.3 Å². The fraction of sp³-hybridized carbons (Fsp3) is 0.278. The van der Waals surface area contributed by atoms with E-state index < -0.39 is 18.1 Å². The predicted molar refractivity (Wildman–Crippen MR) is 85.9 cm³/mol. The quantitative estimate of drug-likeness (QED) is 0.877. The average molecular weight is 334 g/mol. The summed E-state index contributed by atoms with van der Waals surface area (Å²) < 4.78 is 46.0. The van der Waals surface area contributed by atoms with Gasteiger partial charge in [-0.25, -0.2) is 0 Å². The highest BCUT2D eigenvalue weighted by Crippen LogP contribution is 2.36. The highest BCUT2D eigenvalue weighted by Gasteiger charge is 2.55. The summed E-state index contributed by atoms with van der Waals surface area (Å²) in [6, 6.07) is 14.0. The Labute approximate surface area is 138 Å². The van der Waals surface area contributed by atoms with Crippen molar-refractivity contribution in [2.75, 3.05) is 12.4 Å². The second-order valence-electron chi connectivity index (χ2n) is 5.53. The number of aryl methyl sites for hydroxylation is 1. The number of methoxy groups -OCH3 is 1. The third-order valence-corrected chi connectivity index (χ3v) is 3.71. The Morgan fingerprint density at radius 1 is 1.04 bits per heavy atom. The Morgan fingerprint density at radius 3 is 2.08 bits per heavy atom. The summed E-state index contributed by atoms with van der Waals surface area (Å²) in [6.45, 7) is 1.85. The molecule has 0 bridgehead atoms. The molecular formula is C18H17F3N2O. The molecule has 3 nitrogen and oxygen atoms in total. The molecule has 0 radical (unpaired) electrons. The van der Waals surface area contributed by atoms with Gasteiger partial charge in [-0.05, 0) is 36.8 Å². The van der Waals surface area contributed by atoms with Crippen LogP contribution in [0.3, 0.4) is 0 Å². The molecule has 6 heteroatoms. The third kappa shape index (κ3) is 3.80. The van der Waals surface area contributed by atoms with Crippen LogP contribution >= 0.6 is 0 Å². The molecule has 126 valence electrons. The second-order valence-corrected chi connectivity index (χ2v) is 5.53. The number of halogens is 3. The van der Waals surface area contributed by atoms with Crippen molar-refractivity contribution in [3.8, 4) is 11.8 Å². The van der Waals surface area contributed by atoms with Crippen molar-refractivity contribution >= 4 is 5.69 Å². The standard InChI is InChI=1S/C18H17F3N2O/c1-13-3-5-14(6-4-13)11-17(12-22,18(19,20)21)23-15-7-9-16(24-2)10-8-15/h3-10,23H,11H2,1-2H3. The largest absolute Gasteiger partial charge is 0.497 e. The van der Waals surface area contributed by atoms with E-state index in [0.717, 1.165) is 5.56 Å². The zero-order valence-electron chi connectivity index (χ0n) is 13.3. The molecule has 0 heterocycles. The summed E-state index contributed by atoms with van der Waals surface area (Å²) in [4.78, 5) is 0. The zero-order chi connectivity index (χ0) is 17.8. The maximum atomic E-state index is 13.7. The number of alkyl halides is 3. The van der Waals surface area contributed by atoms with Gasteiger partial charge in [-0.3, -0.25) is 0 Å². The molecule has 0 aliphatic rings. The van der Waals surface area contributed by atoms with Crippen LogP contribution in [-0.2, 0) is 6.42 Å². The lowest BCUT2D eigenvalue weighted by Crippen LogP contribution is -2.52. The molecule has 2 aromatic rings. The molecule has 0 aliphatic heterocycles. The zero-order valence-corrected chi connectivity index (χ0v) is 13.3. The van der Waals surface area contributed by atoms with Crippen molar-refractivity contribution < 1.29 is 17.9 Å². The smallest absolute Gasteiger partial charge is 0.425 e. The SMILES string of the molecule is COc1ccc(NC(C#N)(Cc2ccc(C)cc2)C(F)(F)F)cc1. The molecule has 1 unspecified atom stereocenters. The summed E-state index contributed by atoms with van der Waals surface area (Å²) in [5.74, 6) is 0.522. The van der Waals surface area contributed by atoms with Gasteiger partial charge in [-0.1, -0.05) is 29.8 Å². The number of hydrogen-bond acceptors (Lipinski definition) is 3. The summed E-state index contributed by atoms with van der Waals surface area (Å²) in [5, 5.41) is 11.7. The van der Waals surface area contributed by atoms with Gasteiger partial charge in [-0.15, -0.1) is 0 Å². The van der Waals surface area contributed by atoms with Gasteiger partial charge in [0.15, 0.2) is 0 Å². The molecule has 0 aliphatic carbocycles. The van der Waals surface area contributed by atoms with Crippen molar-refractivity contribution in [3.05, 3.63) is 59.7 Å². The van der Waals surface area contributed by atoms with E-state index >= 15 is 0 Å². The van der Waals surface area contributed by atoms with E-state index in [-0.39, 0.29) is 5.69 Å². The van der Waals surface area contributed by atoms with Gasteiger partial charge in [0.05, 0.1) is 7.11 Å². The molecule has 0 spiro atoms. The Morgan fingerprint density at radius 2 is 1.62 bits per heavy atom. The Hall–Kier alpha value is -2.68. The minimum absolute atomic E-state index is 0.196. The third-order valence-electron chi connectivity index (χ3n) is 3.71. The van der Waals surface area contributed by atoms with Crippen LogP contribution in [0.2, 0.25) is 0 Å². The first-order valence-electron chi connectivity index (χ1n) is 7.25. The molecule has 1 atom stereocenters.